The lowest BCUT2D eigenvalue weighted by Gasteiger charge is -2.11. The Labute approximate surface area is 144 Å². The van der Waals surface area contributed by atoms with Gasteiger partial charge in [0, 0.05) is 24.0 Å². The van der Waals surface area contributed by atoms with Gasteiger partial charge in [0.25, 0.3) is 0 Å². The maximum absolute atomic E-state index is 13.2. The summed E-state index contributed by atoms with van der Waals surface area (Å²) in [5.74, 6) is -0.0386. The molecule has 0 bridgehead atoms. The zero-order valence-corrected chi connectivity index (χ0v) is 14.0. The predicted octanol–water partition coefficient (Wildman–Crippen LogP) is 3.28. The summed E-state index contributed by atoms with van der Waals surface area (Å²) in [7, 11) is 0. The van der Waals surface area contributed by atoms with Gasteiger partial charge in [-0.15, -0.1) is 5.10 Å². The second-order valence-corrected chi connectivity index (χ2v) is 6.24. The predicted molar refractivity (Wildman–Crippen MR) is 82.6 cm³/mol. The van der Waals surface area contributed by atoms with E-state index in [0.29, 0.717) is 10.7 Å². The van der Waals surface area contributed by atoms with Crippen molar-refractivity contribution in [3.05, 3.63) is 36.3 Å². The Hall–Kier alpha value is -2.56. The fourth-order valence-electron chi connectivity index (χ4n) is 1.92. The van der Waals surface area contributed by atoms with Gasteiger partial charge < -0.3 is 0 Å². The molecule has 3 aromatic rings. The van der Waals surface area contributed by atoms with Crippen LogP contribution in [0.15, 0.2) is 40.8 Å². The summed E-state index contributed by atoms with van der Waals surface area (Å²) in [6.07, 6.45) is -1.67. The van der Waals surface area contributed by atoms with Crippen molar-refractivity contribution >= 4 is 11.8 Å². The quantitative estimate of drug-likeness (QED) is 0.655. The molecule has 0 saturated heterocycles. The van der Waals surface area contributed by atoms with Crippen molar-refractivity contribution in [3.63, 3.8) is 0 Å². The lowest BCUT2D eigenvalue weighted by Crippen LogP contribution is -2.10. The third kappa shape index (κ3) is 3.92. The maximum Gasteiger partial charge on any atom is 0.433 e. The molecule has 0 fully saturated rings. The van der Waals surface area contributed by atoms with Gasteiger partial charge in [-0.3, -0.25) is 4.98 Å². The van der Waals surface area contributed by atoms with Crippen LogP contribution in [0.1, 0.15) is 25.6 Å². The average Bonchev–Trinajstić information content (AvgIpc) is 3.03. The lowest BCUT2D eigenvalue weighted by molar-refractivity contribution is -0.141. The van der Waals surface area contributed by atoms with Gasteiger partial charge in [-0.1, -0.05) is 0 Å². The number of halogens is 3. The molecule has 0 N–H and O–H groups in total. The highest BCUT2D eigenvalue weighted by Crippen LogP contribution is 2.33. The molecule has 0 aliphatic heterocycles. The van der Waals surface area contributed by atoms with Gasteiger partial charge in [0.1, 0.15) is 10.7 Å². The molecule has 0 amide bonds. The average molecular weight is 367 g/mol. The van der Waals surface area contributed by atoms with Gasteiger partial charge in [-0.2, -0.15) is 13.2 Å². The van der Waals surface area contributed by atoms with Gasteiger partial charge in [0.05, 0.1) is 6.04 Å². The van der Waals surface area contributed by atoms with E-state index in [9.17, 15) is 13.2 Å². The van der Waals surface area contributed by atoms with E-state index in [1.165, 1.54) is 17.1 Å². The SMILES string of the molecule is CC(C)n1nnnc1Sc1cc(C(F)(F)F)nc(-c2ccncc2)n1. The number of tetrazole rings is 1. The van der Waals surface area contributed by atoms with Crippen LogP contribution in [0.4, 0.5) is 13.2 Å². The van der Waals surface area contributed by atoms with Crippen LogP contribution in [0, 0.1) is 0 Å². The van der Waals surface area contributed by atoms with Crippen molar-refractivity contribution < 1.29 is 13.2 Å². The number of alkyl halides is 3. The summed E-state index contributed by atoms with van der Waals surface area (Å²) in [6, 6.07) is 3.93. The number of hydrogen-bond donors (Lipinski definition) is 0. The fourth-order valence-corrected chi connectivity index (χ4v) is 2.83. The van der Waals surface area contributed by atoms with Gasteiger partial charge >= 0.3 is 6.18 Å². The van der Waals surface area contributed by atoms with Crippen LogP contribution in [0.2, 0.25) is 0 Å². The highest BCUT2D eigenvalue weighted by Gasteiger charge is 2.34. The van der Waals surface area contributed by atoms with E-state index < -0.39 is 11.9 Å². The summed E-state index contributed by atoms with van der Waals surface area (Å²) < 4.78 is 41.1. The van der Waals surface area contributed by atoms with Gasteiger partial charge in [-0.25, -0.2) is 14.6 Å². The second kappa shape index (κ2) is 6.75. The first-order chi connectivity index (χ1) is 11.8. The molecule has 3 heterocycles. The first-order valence-electron chi connectivity index (χ1n) is 7.17. The summed E-state index contributed by atoms with van der Waals surface area (Å²) in [4.78, 5) is 11.7. The van der Waals surface area contributed by atoms with Crippen LogP contribution in [-0.2, 0) is 6.18 Å². The molecule has 0 unspecified atom stereocenters. The number of aromatic nitrogens is 7. The topological polar surface area (TPSA) is 82.3 Å². The van der Waals surface area contributed by atoms with E-state index in [1.807, 2.05) is 13.8 Å². The molecule has 0 saturated carbocycles. The number of rotatable bonds is 4. The lowest BCUT2D eigenvalue weighted by atomic mass is 10.2. The number of hydrogen-bond acceptors (Lipinski definition) is 7. The highest BCUT2D eigenvalue weighted by atomic mass is 32.2. The Kier molecular flexibility index (Phi) is 4.66. The first-order valence-corrected chi connectivity index (χ1v) is 7.98. The third-order valence-corrected chi connectivity index (χ3v) is 3.95. The summed E-state index contributed by atoms with van der Waals surface area (Å²) in [6.45, 7) is 3.73. The van der Waals surface area contributed by atoms with E-state index in [0.717, 1.165) is 17.8 Å². The molecule has 0 radical (unpaired) electrons. The molecule has 11 heteroatoms. The zero-order valence-electron chi connectivity index (χ0n) is 13.1. The largest absolute Gasteiger partial charge is 0.433 e. The van der Waals surface area contributed by atoms with E-state index in [4.69, 9.17) is 0 Å². The smallest absolute Gasteiger partial charge is 0.265 e. The van der Waals surface area contributed by atoms with Crippen LogP contribution < -0.4 is 0 Å². The second-order valence-electron chi connectivity index (χ2n) is 5.25. The minimum atomic E-state index is -4.59. The molecule has 25 heavy (non-hydrogen) atoms. The molecule has 0 spiro atoms. The van der Waals surface area contributed by atoms with E-state index in [2.05, 4.69) is 30.5 Å². The Morgan fingerprint density at radius 2 is 1.84 bits per heavy atom. The van der Waals surface area contributed by atoms with Crippen LogP contribution in [0.5, 0.6) is 0 Å². The summed E-state index contributed by atoms with van der Waals surface area (Å²) in [5.41, 5.74) is -0.591. The molecule has 3 aromatic heterocycles. The Morgan fingerprint density at radius 1 is 1.12 bits per heavy atom. The molecular formula is C14H12F3N7S. The molecule has 0 aromatic carbocycles. The van der Waals surface area contributed by atoms with E-state index >= 15 is 0 Å². The fraction of sp³-hybridized carbons (Fsp3) is 0.286. The van der Waals surface area contributed by atoms with Crippen molar-refractivity contribution in [2.45, 2.75) is 36.2 Å². The van der Waals surface area contributed by atoms with Gasteiger partial charge in [0.15, 0.2) is 5.82 Å². The van der Waals surface area contributed by atoms with E-state index in [1.54, 1.807) is 12.1 Å². The maximum atomic E-state index is 13.2. The monoisotopic (exact) mass is 367 g/mol. The van der Waals surface area contributed by atoms with Crippen molar-refractivity contribution in [2.24, 2.45) is 0 Å². The molecular weight excluding hydrogens is 355 g/mol. The summed E-state index contributed by atoms with van der Waals surface area (Å²) in [5, 5.41) is 11.7. The Morgan fingerprint density at radius 3 is 2.48 bits per heavy atom. The molecule has 0 aliphatic rings. The molecule has 0 atom stereocenters. The highest BCUT2D eigenvalue weighted by molar-refractivity contribution is 7.99. The minimum Gasteiger partial charge on any atom is -0.265 e. The van der Waals surface area contributed by atoms with Gasteiger partial charge in [0.2, 0.25) is 5.16 Å². The molecule has 3 rings (SSSR count). The van der Waals surface area contributed by atoms with Crippen molar-refractivity contribution in [3.8, 4) is 11.4 Å². The summed E-state index contributed by atoms with van der Waals surface area (Å²) >= 11 is 0.948. The minimum absolute atomic E-state index is 0.0386. The van der Waals surface area contributed by atoms with Crippen LogP contribution in [0.3, 0.4) is 0 Å². The third-order valence-electron chi connectivity index (χ3n) is 3.08. The zero-order chi connectivity index (χ0) is 18.0. The number of pyridine rings is 1. The Balaban J connectivity index is 2.05. The van der Waals surface area contributed by atoms with Crippen molar-refractivity contribution in [2.75, 3.05) is 0 Å². The van der Waals surface area contributed by atoms with Crippen LogP contribution in [-0.4, -0.2) is 35.2 Å². The molecule has 7 nitrogen and oxygen atoms in total. The molecule has 0 aliphatic carbocycles. The number of nitrogens with zero attached hydrogens (tertiary/aromatic N) is 7. The normalized spacial score (nSPS) is 11.9. The van der Waals surface area contributed by atoms with Crippen LogP contribution >= 0.6 is 11.8 Å². The van der Waals surface area contributed by atoms with Crippen LogP contribution in [0.25, 0.3) is 11.4 Å². The van der Waals surface area contributed by atoms with Gasteiger partial charge in [-0.05, 0) is 48.2 Å². The van der Waals surface area contributed by atoms with Crippen molar-refractivity contribution in [1.29, 1.82) is 0 Å². The standard InChI is InChI=1S/C14H12F3N7S/c1-8(2)24-13(21-22-23-24)25-11-7-10(14(15,16)17)19-12(20-11)9-3-5-18-6-4-9/h3-8H,1-2H3. The molecule has 130 valence electrons. The first kappa shape index (κ1) is 17.3. The van der Waals surface area contributed by atoms with E-state index in [-0.39, 0.29) is 16.9 Å². The Bertz CT molecular complexity index is 864. The van der Waals surface area contributed by atoms with Crippen molar-refractivity contribution in [1.82, 2.24) is 35.2 Å².